The van der Waals surface area contributed by atoms with Gasteiger partial charge in [-0.3, -0.25) is 4.68 Å². The van der Waals surface area contributed by atoms with Gasteiger partial charge in [-0.25, -0.2) is 14.5 Å². The van der Waals surface area contributed by atoms with Gasteiger partial charge in [0.25, 0.3) is 0 Å². The molecule has 0 fully saturated rings. The molecule has 0 bridgehead atoms. The van der Waals surface area contributed by atoms with Crippen LogP contribution in [0.3, 0.4) is 0 Å². The molecule has 0 aliphatic heterocycles. The van der Waals surface area contributed by atoms with Gasteiger partial charge < -0.3 is 0 Å². The van der Waals surface area contributed by atoms with Crippen LogP contribution in [0.5, 0.6) is 0 Å². The summed E-state index contributed by atoms with van der Waals surface area (Å²) in [7, 11) is 1.90. The Kier molecular flexibility index (Phi) is 3.75. The topological polar surface area (TPSA) is 60.9 Å². The monoisotopic (exact) mass is 444 g/mol. The summed E-state index contributed by atoms with van der Waals surface area (Å²) in [6.07, 6.45) is 7.00. The van der Waals surface area contributed by atoms with Gasteiger partial charge in [-0.05, 0) is 52.1 Å². The second-order valence-corrected chi connectivity index (χ2v) is 10.3. The fourth-order valence-corrected chi connectivity index (χ4v) is 5.86. The second-order valence-electron chi connectivity index (χ2n) is 8.40. The summed E-state index contributed by atoms with van der Waals surface area (Å²) in [5, 5.41) is 10.1. The third-order valence-corrected chi connectivity index (χ3v) is 7.46. The average Bonchev–Trinajstić information content (AvgIpc) is 3.27. The Balaban J connectivity index is 1.69. The van der Waals surface area contributed by atoms with Crippen molar-refractivity contribution >= 4 is 43.1 Å². The predicted molar refractivity (Wildman–Crippen MR) is 111 cm³/mol. The fourth-order valence-electron chi connectivity index (χ4n) is 4.08. The third-order valence-electron chi connectivity index (χ3n) is 5.72. The van der Waals surface area contributed by atoms with Crippen LogP contribution >= 0.6 is 27.3 Å². The minimum absolute atomic E-state index is 0.338. The van der Waals surface area contributed by atoms with Gasteiger partial charge in [-0.1, -0.05) is 20.8 Å². The molecule has 0 unspecified atom stereocenters. The lowest BCUT2D eigenvalue weighted by molar-refractivity contribution is 0.218. The van der Waals surface area contributed by atoms with Crippen molar-refractivity contribution in [1.82, 2.24) is 29.4 Å². The lowest BCUT2D eigenvalue weighted by atomic mass is 9.72. The number of hydrogen-bond acceptors (Lipinski definition) is 5. The van der Waals surface area contributed by atoms with Crippen molar-refractivity contribution in [2.45, 2.75) is 40.0 Å². The highest BCUT2D eigenvalue weighted by Gasteiger charge is 2.32. The Bertz CT molecular complexity index is 1160. The second kappa shape index (κ2) is 5.85. The number of nitrogens with zero attached hydrogens (tertiary/aromatic N) is 6. The number of hydrogen-bond donors (Lipinski definition) is 0. The molecule has 0 radical (unpaired) electrons. The van der Waals surface area contributed by atoms with E-state index in [1.807, 2.05) is 18.4 Å². The summed E-state index contributed by atoms with van der Waals surface area (Å²) >= 11 is 5.38. The predicted octanol–water partition coefficient (Wildman–Crippen LogP) is 4.65. The maximum Gasteiger partial charge on any atom is 0.201 e. The molecule has 4 heterocycles. The molecule has 6 nitrogen and oxygen atoms in total. The zero-order valence-corrected chi connectivity index (χ0v) is 18.2. The van der Waals surface area contributed by atoms with Crippen LogP contribution in [0.2, 0.25) is 0 Å². The molecule has 4 aromatic heterocycles. The van der Waals surface area contributed by atoms with Gasteiger partial charge in [0.05, 0.1) is 16.1 Å². The number of aromatic nitrogens is 6. The zero-order chi connectivity index (χ0) is 18.9. The summed E-state index contributed by atoms with van der Waals surface area (Å²) in [6.45, 7) is 7.05. The summed E-state index contributed by atoms with van der Waals surface area (Å²) in [4.78, 5) is 12.1. The quantitative estimate of drug-likeness (QED) is 0.428. The number of thiophene rings is 1. The molecule has 5 rings (SSSR count). The first-order chi connectivity index (χ1) is 12.8. The van der Waals surface area contributed by atoms with Crippen molar-refractivity contribution in [2.75, 3.05) is 0 Å². The minimum atomic E-state index is 0.338. The Morgan fingerprint density at radius 2 is 2.11 bits per heavy atom. The fraction of sp³-hybridized carbons (Fsp3) is 0.474. The highest BCUT2D eigenvalue weighted by Crippen LogP contribution is 2.43. The summed E-state index contributed by atoms with van der Waals surface area (Å²) < 4.78 is 4.49. The minimum Gasteiger partial charge on any atom is -0.263 e. The lowest BCUT2D eigenvalue weighted by Gasteiger charge is -2.33. The van der Waals surface area contributed by atoms with Gasteiger partial charge in [-0.2, -0.15) is 5.10 Å². The van der Waals surface area contributed by atoms with Gasteiger partial charge in [0.1, 0.15) is 16.9 Å². The highest BCUT2D eigenvalue weighted by molar-refractivity contribution is 9.10. The van der Waals surface area contributed by atoms with Crippen molar-refractivity contribution < 1.29 is 0 Å². The molecule has 4 aromatic rings. The van der Waals surface area contributed by atoms with Crippen LogP contribution in [0, 0.1) is 11.3 Å². The van der Waals surface area contributed by atoms with Crippen molar-refractivity contribution in [3.63, 3.8) is 0 Å². The van der Waals surface area contributed by atoms with E-state index < -0.39 is 0 Å². The van der Waals surface area contributed by atoms with E-state index in [1.165, 1.54) is 22.2 Å². The third kappa shape index (κ3) is 2.64. The van der Waals surface area contributed by atoms with Crippen LogP contribution in [0.25, 0.3) is 27.4 Å². The summed E-state index contributed by atoms with van der Waals surface area (Å²) in [5.74, 6) is 1.38. The van der Waals surface area contributed by atoms with Crippen LogP contribution < -0.4 is 0 Å². The Labute approximate surface area is 169 Å². The highest BCUT2D eigenvalue weighted by atomic mass is 79.9. The van der Waals surface area contributed by atoms with Gasteiger partial charge in [0.15, 0.2) is 5.65 Å². The Morgan fingerprint density at radius 1 is 1.30 bits per heavy atom. The molecule has 0 amide bonds. The molecule has 1 aliphatic carbocycles. The summed E-state index contributed by atoms with van der Waals surface area (Å²) in [5.41, 5.74) is 3.54. The normalized spacial score (nSPS) is 17.7. The zero-order valence-electron chi connectivity index (χ0n) is 15.8. The smallest absolute Gasteiger partial charge is 0.201 e. The lowest BCUT2D eigenvalue weighted by Crippen LogP contribution is -2.26. The number of fused-ring (bicyclic) bond motifs is 5. The standard InChI is InChI=1S/C19H21BrN6S/c1-19(2,3)10-5-6-11-13(7-10)27-18-14(11)17-23-16(24-26(17)9-21-18)15-12(20)8-22-25(15)4/h8-10H,5-7H2,1-4H3/t10-/m0/s1. The van der Waals surface area contributed by atoms with Crippen LogP contribution in [-0.4, -0.2) is 29.4 Å². The molecular formula is C19H21BrN6S. The molecule has 0 N–H and O–H groups in total. The van der Waals surface area contributed by atoms with E-state index in [4.69, 9.17) is 4.98 Å². The molecule has 1 atom stereocenters. The van der Waals surface area contributed by atoms with Crippen LogP contribution in [0.4, 0.5) is 0 Å². The van der Waals surface area contributed by atoms with Crippen molar-refractivity contribution in [2.24, 2.45) is 18.4 Å². The molecule has 8 heteroatoms. The first kappa shape index (κ1) is 17.3. The van der Waals surface area contributed by atoms with Gasteiger partial charge in [0.2, 0.25) is 5.82 Å². The molecule has 0 spiro atoms. The van der Waals surface area contributed by atoms with Crippen molar-refractivity contribution in [3.8, 4) is 11.5 Å². The van der Waals surface area contributed by atoms with E-state index in [2.05, 4.69) is 51.9 Å². The molecule has 1 aliphatic rings. The van der Waals surface area contributed by atoms with Gasteiger partial charge >= 0.3 is 0 Å². The Morgan fingerprint density at radius 3 is 2.81 bits per heavy atom. The molecular weight excluding hydrogens is 424 g/mol. The van der Waals surface area contributed by atoms with Crippen LogP contribution in [0.1, 0.15) is 37.6 Å². The van der Waals surface area contributed by atoms with Crippen LogP contribution in [0.15, 0.2) is 17.0 Å². The maximum absolute atomic E-state index is 4.88. The largest absolute Gasteiger partial charge is 0.263 e. The Hall–Kier alpha value is -1.80. The first-order valence-electron chi connectivity index (χ1n) is 9.16. The molecule has 0 aromatic carbocycles. The molecule has 0 saturated heterocycles. The number of aryl methyl sites for hydroxylation is 2. The number of halogens is 1. The van der Waals surface area contributed by atoms with E-state index in [1.54, 1.807) is 21.7 Å². The van der Waals surface area contributed by atoms with Crippen molar-refractivity contribution in [1.29, 1.82) is 0 Å². The number of rotatable bonds is 1. The average molecular weight is 445 g/mol. The first-order valence-corrected chi connectivity index (χ1v) is 10.8. The molecule has 0 saturated carbocycles. The van der Waals surface area contributed by atoms with Crippen molar-refractivity contribution in [3.05, 3.63) is 27.4 Å². The maximum atomic E-state index is 4.88. The van der Waals surface area contributed by atoms with E-state index in [-0.39, 0.29) is 0 Å². The van der Waals surface area contributed by atoms with E-state index >= 15 is 0 Å². The summed E-state index contributed by atoms with van der Waals surface area (Å²) in [6, 6.07) is 0. The van der Waals surface area contributed by atoms with Crippen LogP contribution in [-0.2, 0) is 19.9 Å². The van der Waals surface area contributed by atoms with E-state index in [0.29, 0.717) is 17.2 Å². The molecule has 140 valence electrons. The van der Waals surface area contributed by atoms with E-state index in [9.17, 15) is 0 Å². The van der Waals surface area contributed by atoms with E-state index in [0.717, 1.165) is 33.5 Å². The molecule has 27 heavy (non-hydrogen) atoms. The van der Waals surface area contributed by atoms with Gasteiger partial charge in [-0.15, -0.1) is 16.4 Å². The SMILES string of the molecule is Cn1ncc(Br)c1-c1nc2c3c4c(sc3ncn2n1)C[C@@H](C(C)(C)C)CC4. The van der Waals surface area contributed by atoms with Gasteiger partial charge in [0, 0.05) is 11.9 Å².